The molecule has 18 heavy (non-hydrogen) atoms. The molecular weight excluding hydrogens is 288 g/mol. The largest absolute Gasteiger partial charge is 0.871 e. The molecule has 0 aliphatic heterocycles. The number of hydrogen-bond donors (Lipinski definition) is 0. The molecule has 0 N–H and O–H groups in total. The van der Waals surface area contributed by atoms with E-state index in [1.54, 1.807) is 0 Å². The van der Waals surface area contributed by atoms with Crippen molar-refractivity contribution in [2.45, 2.75) is 34.1 Å². The van der Waals surface area contributed by atoms with E-state index < -0.39 is 12.0 Å². The quantitative estimate of drug-likeness (QED) is 0.473. The van der Waals surface area contributed by atoms with E-state index in [0.29, 0.717) is 5.44 Å². The van der Waals surface area contributed by atoms with Gasteiger partial charge in [-0.1, -0.05) is 56.2 Å². The smallest absolute Gasteiger partial charge is 0.227 e. The van der Waals surface area contributed by atoms with Crippen LogP contribution in [0.5, 0.6) is 0 Å². The number of aryl methyl sites for hydroxylation is 1. The Bertz CT molecular complexity index is 453. The van der Waals surface area contributed by atoms with E-state index in [1.165, 1.54) is 0 Å². The van der Waals surface area contributed by atoms with Crippen LogP contribution in [0.1, 0.15) is 33.4 Å². The van der Waals surface area contributed by atoms with E-state index in [-0.39, 0.29) is 5.76 Å². The first-order valence-electron chi connectivity index (χ1n) is 5.82. The average Bonchev–Trinajstić information content (AvgIpc) is 2.28. The summed E-state index contributed by atoms with van der Waals surface area (Å²) >= 11 is 12.1. The van der Waals surface area contributed by atoms with Gasteiger partial charge in [-0.3, -0.25) is 0 Å². The van der Waals surface area contributed by atoms with Crippen molar-refractivity contribution in [3.05, 3.63) is 35.8 Å². The van der Waals surface area contributed by atoms with Gasteiger partial charge in [-0.25, -0.2) is 0 Å². The topological polar surface area (TPSA) is 26.9 Å². The minimum Gasteiger partial charge on any atom is -0.871 e. The van der Waals surface area contributed by atoms with Gasteiger partial charge in [-0.2, -0.15) is 4.57 Å². The second kappa shape index (κ2) is 6.23. The zero-order chi connectivity index (χ0) is 13.9. The first-order chi connectivity index (χ1) is 8.29. The van der Waals surface area contributed by atoms with Crippen LogP contribution in [0.4, 0.5) is 0 Å². The summed E-state index contributed by atoms with van der Waals surface area (Å²) in [4.78, 5) is 0. The Kier molecular flexibility index (Phi) is 5.46. The maximum absolute atomic E-state index is 12.5. The maximum Gasteiger partial charge on any atom is 0.227 e. The average molecular weight is 306 g/mol. The van der Waals surface area contributed by atoms with Crippen molar-refractivity contribution >= 4 is 34.5 Å². The third kappa shape index (κ3) is 3.60. The van der Waals surface area contributed by atoms with Crippen molar-refractivity contribution in [2.24, 2.45) is 5.41 Å². The molecule has 0 bridgehead atoms. The molecule has 0 fully saturated rings. The monoisotopic (exact) mass is 305 g/mol. The molecule has 2 nitrogen and oxygen atoms in total. The highest BCUT2D eigenvalue weighted by atomic mass is 35.9. The van der Waals surface area contributed by atoms with Crippen molar-refractivity contribution in [1.29, 1.82) is 0 Å². The lowest BCUT2D eigenvalue weighted by Gasteiger charge is -2.28. The third-order valence-electron chi connectivity index (χ3n) is 2.58. The number of pyridine rings is 1. The molecule has 0 spiro atoms. The van der Waals surface area contributed by atoms with Gasteiger partial charge in [0.2, 0.25) is 5.44 Å². The van der Waals surface area contributed by atoms with Gasteiger partial charge in [0.15, 0.2) is 18.5 Å². The van der Waals surface area contributed by atoms with E-state index in [2.05, 4.69) is 0 Å². The summed E-state index contributed by atoms with van der Waals surface area (Å²) in [6, 6.07) is 5.80. The van der Waals surface area contributed by atoms with Crippen molar-refractivity contribution in [3.8, 4) is 0 Å². The van der Waals surface area contributed by atoms with Crippen molar-refractivity contribution in [3.63, 3.8) is 0 Å². The van der Waals surface area contributed by atoms with E-state index in [9.17, 15) is 5.11 Å². The summed E-state index contributed by atoms with van der Waals surface area (Å²) in [7, 11) is 0. The van der Waals surface area contributed by atoms with Gasteiger partial charge in [0.05, 0.1) is 0 Å². The van der Waals surface area contributed by atoms with Crippen LogP contribution in [0.15, 0.2) is 30.2 Å². The van der Waals surface area contributed by atoms with Crippen molar-refractivity contribution in [1.82, 2.24) is 0 Å². The van der Waals surface area contributed by atoms with Crippen LogP contribution in [0, 0.1) is 5.41 Å². The number of allylic oxidation sites excluding steroid dienone is 1. The van der Waals surface area contributed by atoms with Gasteiger partial charge in [-0.05, 0) is 11.2 Å². The van der Waals surface area contributed by atoms with Crippen LogP contribution in [-0.2, 0) is 6.42 Å². The van der Waals surface area contributed by atoms with Gasteiger partial charge in [-0.15, -0.1) is 0 Å². The Balaban J connectivity index is 3.48. The molecule has 0 unspecified atom stereocenters. The molecule has 1 aromatic rings. The minimum absolute atomic E-state index is 0.00971. The number of nitrogens with zero attached hydrogens (tertiary/aromatic N) is 1. The van der Waals surface area contributed by atoms with Gasteiger partial charge in [0.25, 0.3) is 0 Å². The predicted octanol–water partition coefficient (Wildman–Crippen LogP) is 3.86. The SMILES string of the molecule is CCc1cccc[n+]1/C(=C(\[O-])C(C)(C)C)P(Cl)Cl. The Morgan fingerprint density at radius 3 is 2.39 bits per heavy atom. The second-order valence-electron chi connectivity index (χ2n) is 5.05. The summed E-state index contributed by atoms with van der Waals surface area (Å²) in [5.74, 6) is -0.00971. The van der Waals surface area contributed by atoms with Crippen LogP contribution < -0.4 is 9.67 Å². The molecule has 1 aromatic heterocycles. The van der Waals surface area contributed by atoms with E-state index in [1.807, 2.05) is 56.7 Å². The first-order valence-corrected chi connectivity index (χ1v) is 8.97. The van der Waals surface area contributed by atoms with Crippen LogP contribution >= 0.6 is 29.1 Å². The second-order valence-corrected chi connectivity index (χ2v) is 8.49. The number of rotatable bonds is 3. The molecule has 0 aliphatic carbocycles. The predicted molar refractivity (Wildman–Crippen MR) is 77.3 cm³/mol. The van der Waals surface area contributed by atoms with Crippen molar-refractivity contribution < 1.29 is 9.67 Å². The van der Waals surface area contributed by atoms with Gasteiger partial charge in [0.1, 0.15) is 0 Å². The lowest BCUT2D eigenvalue weighted by atomic mass is 9.94. The Hall–Kier alpha value is -0.300. The highest BCUT2D eigenvalue weighted by Crippen LogP contribution is 2.56. The molecular formula is C13H18Cl2NOP. The number of aromatic nitrogens is 1. The first kappa shape index (κ1) is 15.8. The number of halogens is 2. The molecule has 1 heterocycles. The molecule has 100 valence electrons. The standard InChI is InChI=1S/C13H18Cl2NOP/c1-5-10-8-6-7-9-16(10)12(18(14)15)11(17)13(2,3)4/h6-9H,5H2,1-4H3/b12-11+. The molecule has 0 saturated heterocycles. The molecule has 0 radical (unpaired) electrons. The summed E-state index contributed by atoms with van der Waals surface area (Å²) in [6.07, 6.45) is 2.66. The lowest BCUT2D eigenvalue weighted by Crippen LogP contribution is -2.39. The van der Waals surface area contributed by atoms with E-state index in [4.69, 9.17) is 22.5 Å². The Labute approximate surface area is 120 Å². The van der Waals surface area contributed by atoms with Gasteiger partial charge < -0.3 is 5.11 Å². The molecule has 0 aromatic carbocycles. The molecule has 5 heteroatoms. The number of hydrogen-bond acceptors (Lipinski definition) is 1. The molecule has 0 aliphatic rings. The Morgan fingerprint density at radius 1 is 1.33 bits per heavy atom. The summed E-state index contributed by atoms with van der Waals surface area (Å²) in [5.41, 5.74) is 1.02. The van der Waals surface area contributed by atoms with E-state index >= 15 is 0 Å². The molecule has 0 amide bonds. The van der Waals surface area contributed by atoms with Gasteiger partial charge >= 0.3 is 0 Å². The zero-order valence-corrected chi connectivity index (χ0v) is 13.5. The summed E-state index contributed by atoms with van der Waals surface area (Å²) in [5, 5.41) is 12.5. The van der Waals surface area contributed by atoms with Crippen molar-refractivity contribution in [2.75, 3.05) is 0 Å². The molecule has 0 saturated carbocycles. The minimum atomic E-state index is -1.49. The zero-order valence-electron chi connectivity index (χ0n) is 11.1. The van der Waals surface area contributed by atoms with E-state index in [0.717, 1.165) is 12.1 Å². The maximum atomic E-state index is 12.5. The fourth-order valence-corrected chi connectivity index (χ4v) is 3.37. The van der Waals surface area contributed by atoms with Crippen LogP contribution in [0.2, 0.25) is 0 Å². The van der Waals surface area contributed by atoms with Crippen LogP contribution in [-0.4, -0.2) is 0 Å². The highest BCUT2D eigenvalue weighted by molar-refractivity contribution is 8.10. The highest BCUT2D eigenvalue weighted by Gasteiger charge is 2.27. The lowest BCUT2D eigenvalue weighted by molar-refractivity contribution is -0.588. The molecule has 1 rings (SSSR count). The fraction of sp³-hybridized carbons (Fsp3) is 0.462. The van der Waals surface area contributed by atoms with Gasteiger partial charge in [0, 0.05) is 18.6 Å². The summed E-state index contributed by atoms with van der Waals surface area (Å²) < 4.78 is 1.83. The molecule has 0 atom stereocenters. The Morgan fingerprint density at radius 2 is 1.94 bits per heavy atom. The normalized spacial score (nSPS) is 13.7. The van der Waals surface area contributed by atoms with Crippen LogP contribution in [0.25, 0.3) is 5.44 Å². The third-order valence-corrected chi connectivity index (χ3v) is 4.28. The van der Waals surface area contributed by atoms with Crippen LogP contribution in [0.3, 0.4) is 0 Å². The fourth-order valence-electron chi connectivity index (χ4n) is 1.58. The summed E-state index contributed by atoms with van der Waals surface area (Å²) in [6.45, 7) is 6.16.